The average Bonchev–Trinajstić information content (AvgIpc) is 2.20. The van der Waals surface area contributed by atoms with Crippen LogP contribution < -0.4 is 16.2 Å². The zero-order valence-electron chi connectivity index (χ0n) is 10.5. The van der Waals surface area contributed by atoms with Crippen molar-refractivity contribution in [2.75, 3.05) is 5.32 Å². The lowest BCUT2D eigenvalue weighted by Gasteiger charge is -2.22. The maximum atomic E-state index is 6.03. The van der Waals surface area contributed by atoms with Crippen LogP contribution in [0.4, 0.5) is 5.69 Å². The third-order valence-electron chi connectivity index (χ3n) is 1.98. The molecule has 0 aliphatic rings. The molecule has 94 valence electrons. The summed E-state index contributed by atoms with van der Waals surface area (Å²) in [7, 11) is 0. The van der Waals surface area contributed by atoms with E-state index in [4.69, 9.17) is 23.8 Å². The fraction of sp³-hybridized carbons (Fsp3) is 0.417. The van der Waals surface area contributed by atoms with E-state index in [2.05, 4.69) is 16.2 Å². The molecule has 17 heavy (non-hydrogen) atoms. The molecule has 1 aromatic carbocycles. The van der Waals surface area contributed by atoms with Crippen molar-refractivity contribution in [3.8, 4) is 0 Å². The van der Waals surface area contributed by atoms with Gasteiger partial charge in [0.25, 0.3) is 0 Å². The Morgan fingerprint density at radius 1 is 1.29 bits per heavy atom. The van der Waals surface area contributed by atoms with Gasteiger partial charge in [-0.2, -0.15) is 0 Å². The number of hydrogen-bond donors (Lipinski definition) is 3. The van der Waals surface area contributed by atoms with E-state index in [1.165, 1.54) is 0 Å². The normalized spacial score (nSPS) is 11.1. The van der Waals surface area contributed by atoms with Gasteiger partial charge in [-0.1, -0.05) is 17.7 Å². The fourth-order valence-corrected chi connectivity index (χ4v) is 1.43. The lowest BCUT2D eigenvalue weighted by Crippen LogP contribution is -2.50. The van der Waals surface area contributed by atoms with E-state index >= 15 is 0 Å². The van der Waals surface area contributed by atoms with Gasteiger partial charge in [-0.25, -0.2) is 5.43 Å². The van der Waals surface area contributed by atoms with Gasteiger partial charge in [-0.15, -0.1) is 0 Å². The lowest BCUT2D eigenvalue weighted by molar-refractivity contribution is 0.405. The van der Waals surface area contributed by atoms with E-state index in [1.807, 2.05) is 45.9 Å². The number of thiocarbonyl (C=S) groups is 1. The van der Waals surface area contributed by atoms with Crippen molar-refractivity contribution >= 4 is 34.6 Å². The largest absolute Gasteiger partial charge is 0.332 e. The molecule has 3 nitrogen and oxygen atoms in total. The summed E-state index contributed by atoms with van der Waals surface area (Å²) in [5, 5.41) is 4.29. The van der Waals surface area contributed by atoms with Crippen molar-refractivity contribution in [1.29, 1.82) is 0 Å². The van der Waals surface area contributed by atoms with Crippen LogP contribution in [0, 0.1) is 6.92 Å². The van der Waals surface area contributed by atoms with Crippen molar-refractivity contribution in [3.63, 3.8) is 0 Å². The minimum atomic E-state index is -0.0450. The predicted molar refractivity (Wildman–Crippen MR) is 78.4 cm³/mol. The Labute approximate surface area is 113 Å². The van der Waals surface area contributed by atoms with Crippen LogP contribution in [0.2, 0.25) is 5.02 Å². The lowest BCUT2D eigenvalue weighted by atomic mass is 10.1. The molecule has 0 unspecified atom stereocenters. The maximum Gasteiger partial charge on any atom is 0.185 e. The first kappa shape index (κ1) is 14.2. The Morgan fingerprint density at radius 3 is 2.47 bits per heavy atom. The number of halogens is 1. The fourth-order valence-electron chi connectivity index (χ4n) is 1.08. The van der Waals surface area contributed by atoms with Crippen molar-refractivity contribution in [1.82, 2.24) is 10.9 Å². The third kappa shape index (κ3) is 5.35. The smallest absolute Gasteiger partial charge is 0.185 e. The zero-order valence-corrected chi connectivity index (χ0v) is 12.1. The van der Waals surface area contributed by atoms with Crippen LogP contribution in [0.5, 0.6) is 0 Å². The highest BCUT2D eigenvalue weighted by Crippen LogP contribution is 2.19. The second-order valence-corrected chi connectivity index (χ2v) is 5.73. The first-order valence-electron chi connectivity index (χ1n) is 5.38. The number of benzene rings is 1. The zero-order chi connectivity index (χ0) is 13.1. The van der Waals surface area contributed by atoms with Gasteiger partial charge in [0.05, 0.1) is 0 Å². The van der Waals surface area contributed by atoms with E-state index < -0.39 is 0 Å². The summed E-state index contributed by atoms with van der Waals surface area (Å²) in [5.74, 6) is 0. The summed E-state index contributed by atoms with van der Waals surface area (Å²) in [6.07, 6.45) is 0. The molecule has 0 saturated carbocycles. The molecule has 0 spiro atoms. The van der Waals surface area contributed by atoms with Gasteiger partial charge in [0.1, 0.15) is 0 Å². The number of hydrazine groups is 1. The highest BCUT2D eigenvalue weighted by Gasteiger charge is 2.09. The van der Waals surface area contributed by atoms with Crippen LogP contribution >= 0.6 is 23.8 Å². The maximum absolute atomic E-state index is 6.03. The van der Waals surface area contributed by atoms with Crippen LogP contribution in [0.3, 0.4) is 0 Å². The molecule has 0 aliphatic heterocycles. The van der Waals surface area contributed by atoms with Crippen molar-refractivity contribution in [2.24, 2.45) is 0 Å². The molecular formula is C12H18ClN3S. The van der Waals surface area contributed by atoms with Crippen LogP contribution in [-0.2, 0) is 0 Å². The van der Waals surface area contributed by atoms with Gasteiger partial charge >= 0.3 is 0 Å². The van der Waals surface area contributed by atoms with Gasteiger partial charge in [-0.3, -0.25) is 5.43 Å². The molecule has 1 aromatic rings. The molecule has 3 N–H and O–H groups in total. The second kappa shape index (κ2) is 5.67. The van der Waals surface area contributed by atoms with E-state index in [9.17, 15) is 0 Å². The highest BCUT2D eigenvalue weighted by atomic mass is 35.5. The number of anilines is 1. The number of aryl methyl sites for hydroxylation is 1. The minimum absolute atomic E-state index is 0.0450. The van der Waals surface area contributed by atoms with Gasteiger partial charge in [-0.05, 0) is 57.6 Å². The Bertz CT molecular complexity index is 413. The number of hydrogen-bond acceptors (Lipinski definition) is 2. The molecule has 0 atom stereocenters. The van der Waals surface area contributed by atoms with E-state index in [0.717, 1.165) is 16.3 Å². The van der Waals surface area contributed by atoms with Crippen molar-refractivity contribution < 1.29 is 0 Å². The molecular weight excluding hydrogens is 254 g/mol. The standard InChI is InChI=1S/C12H18ClN3S/c1-8-5-6-9(7-10(8)13)14-11(17)15-16-12(2,3)4/h5-7,16H,1-4H3,(H2,14,15,17). The quantitative estimate of drug-likeness (QED) is 0.570. The molecule has 0 amide bonds. The molecule has 1 rings (SSSR count). The summed E-state index contributed by atoms with van der Waals surface area (Å²) in [6, 6.07) is 5.73. The number of rotatable bonds is 2. The first-order chi connectivity index (χ1) is 7.78. The van der Waals surface area contributed by atoms with Gasteiger partial charge in [0.15, 0.2) is 5.11 Å². The SMILES string of the molecule is Cc1ccc(NC(=S)NNC(C)(C)C)cc1Cl. The Hall–Kier alpha value is -0.840. The van der Waals surface area contributed by atoms with Crippen molar-refractivity contribution in [2.45, 2.75) is 33.2 Å². The van der Waals surface area contributed by atoms with Crippen LogP contribution in [0.25, 0.3) is 0 Å². The summed E-state index contributed by atoms with van der Waals surface area (Å²) in [6.45, 7) is 8.10. The molecule has 0 fully saturated rings. The Morgan fingerprint density at radius 2 is 1.94 bits per heavy atom. The van der Waals surface area contributed by atoms with Crippen LogP contribution in [0.1, 0.15) is 26.3 Å². The molecule has 5 heteroatoms. The predicted octanol–water partition coefficient (Wildman–Crippen LogP) is 3.24. The summed E-state index contributed by atoms with van der Waals surface area (Å²) in [4.78, 5) is 0. The van der Waals surface area contributed by atoms with E-state index in [-0.39, 0.29) is 5.54 Å². The Kier molecular flexibility index (Phi) is 4.74. The topological polar surface area (TPSA) is 36.1 Å². The van der Waals surface area contributed by atoms with Gasteiger partial charge in [0, 0.05) is 16.2 Å². The Balaban J connectivity index is 2.54. The van der Waals surface area contributed by atoms with E-state index in [1.54, 1.807) is 0 Å². The van der Waals surface area contributed by atoms with Gasteiger partial charge in [0.2, 0.25) is 0 Å². The molecule has 0 aliphatic carbocycles. The molecule has 0 bridgehead atoms. The summed E-state index contributed by atoms with van der Waals surface area (Å²) >= 11 is 11.2. The third-order valence-corrected chi connectivity index (χ3v) is 2.59. The molecule has 0 aromatic heterocycles. The van der Waals surface area contributed by atoms with E-state index in [0.29, 0.717) is 5.11 Å². The monoisotopic (exact) mass is 271 g/mol. The highest BCUT2D eigenvalue weighted by molar-refractivity contribution is 7.80. The average molecular weight is 272 g/mol. The summed E-state index contributed by atoms with van der Waals surface area (Å²) < 4.78 is 0. The van der Waals surface area contributed by atoms with Gasteiger partial charge < -0.3 is 5.32 Å². The second-order valence-electron chi connectivity index (χ2n) is 4.92. The van der Waals surface area contributed by atoms with Crippen LogP contribution in [0.15, 0.2) is 18.2 Å². The van der Waals surface area contributed by atoms with Crippen molar-refractivity contribution in [3.05, 3.63) is 28.8 Å². The first-order valence-corrected chi connectivity index (χ1v) is 6.17. The van der Waals surface area contributed by atoms with Crippen LogP contribution in [-0.4, -0.2) is 10.7 Å². The number of nitrogens with one attached hydrogen (secondary N) is 3. The molecule has 0 heterocycles. The molecule has 0 saturated heterocycles. The summed E-state index contributed by atoms with van der Waals surface area (Å²) in [5.41, 5.74) is 7.88. The minimum Gasteiger partial charge on any atom is -0.332 e. The molecule has 0 radical (unpaired) electrons.